The summed E-state index contributed by atoms with van der Waals surface area (Å²) < 4.78 is 4.61. The van der Waals surface area contributed by atoms with Gasteiger partial charge in [0, 0.05) is 19.4 Å². The number of rotatable bonds is 4. The molecule has 0 aromatic heterocycles. The Hall–Kier alpha value is -1.23. The minimum Gasteiger partial charge on any atom is -0.377 e. The van der Waals surface area contributed by atoms with Gasteiger partial charge in [0.25, 0.3) is 0 Å². The van der Waals surface area contributed by atoms with E-state index in [0.29, 0.717) is 0 Å². The first-order chi connectivity index (χ1) is 6.56. The molecule has 0 N–H and O–H groups in total. The van der Waals surface area contributed by atoms with Crippen molar-refractivity contribution in [1.29, 1.82) is 0 Å². The SMILES string of the molecule is COCC(=O)CN1C(=O)CC(C)C1=O. The van der Waals surface area contributed by atoms with Crippen LogP contribution in [-0.4, -0.2) is 42.8 Å². The van der Waals surface area contributed by atoms with Crippen LogP contribution in [0.2, 0.25) is 0 Å². The van der Waals surface area contributed by atoms with Crippen LogP contribution in [0.25, 0.3) is 0 Å². The van der Waals surface area contributed by atoms with Crippen molar-refractivity contribution < 1.29 is 19.1 Å². The molecule has 1 heterocycles. The quantitative estimate of drug-likeness (QED) is 0.578. The molecular formula is C9H13NO4. The number of carbonyl (C=O) groups is 3. The van der Waals surface area contributed by atoms with E-state index >= 15 is 0 Å². The Morgan fingerprint density at radius 2 is 2.21 bits per heavy atom. The van der Waals surface area contributed by atoms with E-state index in [2.05, 4.69) is 4.74 Å². The number of amides is 2. The number of hydrogen-bond donors (Lipinski definition) is 0. The number of imide groups is 1. The van der Waals surface area contributed by atoms with Crippen molar-refractivity contribution in [3.05, 3.63) is 0 Å². The van der Waals surface area contributed by atoms with Crippen LogP contribution < -0.4 is 0 Å². The highest BCUT2D eigenvalue weighted by Gasteiger charge is 2.36. The van der Waals surface area contributed by atoms with Crippen LogP contribution in [0, 0.1) is 5.92 Å². The molecule has 1 fully saturated rings. The number of nitrogens with zero attached hydrogens (tertiary/aromatic N) is 1. The maximum absolute atomic E-state index is 11.4. The predicted octanol–water partition coefficient (Wildman–Crippen LogP) is -0.403. The molecule has 78 valence electrons. The number of hydrogen-bond acceptors (Lipinski definition) is 4. The van der Waals surface area contributed by atoms with Crippen molar-refractivity contribution in [3.63, 3.8) is 0 Å². The van der Waals surface area contributed by atoms with Crippen molar-refractivity contribution in [1.82, 2.24) is 4.90 Å². The lowest BCUT2D eigenvalue weighted by Crippen LogP contribution is -2.36. The zero-order valence-corrected chi connectivity index (χ0v) is 8.28. The standard InChI is InChI=1S/C9H13NO4/c1-6-3-8(12)10(9(6)13)4-7(11)5-14-2/h6H,3-5H2,1-2H3. The Morgan fingerprint density at radius 3 is 2.64 bits per heavy atom. The van der Waals surface area contributed by atoms with Gasteiger partial charge in [-0.3, -0.25) is 19.3 Å². The molecule has 1 saturated heterocycles. The highest BCUT2D eigenvalue weighted by molar-refractivity contribution is 6.06. The number of Topliss-reactive ketones (excluding diaryl/α,β-unsaturated/α-hetero) is 1. The largest absolute Gasteiger partial charge is 0.377 e. The first-order valence-electron chi connectivity index (χ1n) is 4.41. The van der Waals surface area contributed by atoms with Gasteiger partial charge in [0.15, 0.2) is 5.78 Å². The number of carbonyl (C=O) groups excluding carboxylic acids is 3. The van der Waals surface area contributed by atoms with Crippen LogP contribution in [0.4, 0.5) is 0 Å². The van der Waals surface area contributed by atoms with Crippen LogP contribution in [0.5, 0.6) is 0 Å². The molecule has 5 nitrogen and oxygen atoms in total. The second-order valence-corrected chi connectivity index (χ2v) is 3.39. The van der Waals surface area contributed by atoms with Gasteiger partial charge in [0.05, 0.1) is 6.54 Å². The van der Waals surface area contributed by atoms with Gasteiger partial charge < -0.3 is 4.74 Å². The number of ketones is 1. The lowest BCUT2D eigenvalue weighted by atomic mass is 10.1. The third-order valence-electron chi connectivity index (χ3n) is 2.11. The van der Waals surface area contributed by atoms with Gasteiger partial charge in [-0.15, -0.1) is 0 Å². The normalized spacial score (nSPS) is 21.9. The molecular weight excluding hydrogens is 186 g/mol. The van der Waals surface area contributed by atoms with E-state index in [9.17, 15) is 14.4 Å². The Bertz CT molecular complexity index is 274. The van der Waals surface area contributed by atoms with Crippen LogP contribution in [0.3, 0.4) is 0 Å². The summed E-state index contributed by atoms with van der Waals surface area (Å²) in [6.45, 7) is 1.46. The van der Waals surface area contributed by atoms with E-state index in [1.165, 1.54) is 7.11 Å². The third-order valence-corrected chi connectivity index (χ3v) is 2.11. The molecule has 0 bridgehead atoms. The number of methoxy groups -OCH3 is 1. The molecule has 0 spiro atoms. The average Bonchev–Trinajstić information content (AvgIpc) is 2.33. The van der Waals surface area contributed by atoms with E-state index in [-0.39, 0.29) is 43.1 Å². The average molecular weight is 199 g/mol. The predicted molar refractivity (Wildman–Crippen MR) is 47.4 cm³/mol. The maximum Gasteiger partial charge on any atom is 0.232 e. The van der Waals surface area contributed by atoms with Gasteiger partial charge in [-0.2, -0.15) is 0 Å². The minimum absolute atomic E-state index is 0.0640. The first-order valence-corrected chi connectivity index (χ1v) is 4.41. The van der Waals surface area contributed by atoms with E-state index in [4.69, 9.17) is 0 Å². The fourth-order valence-electron chi connectivity index (χ4n) is 1.40. The summed E-state index contributed by atoms with van der Waals surface area (Å²) >= 11 is 0. The molecule has 14 heavy (non-hydrogen) atoms. The van der Waals surface area contributed by atoms with Crippen molar-refractivity contribution >= 4 is 17.6 Å². The molecule has 5 heteroatoms. The summed E-state index contributed by atoms with van der Waals surface area (Å²) in [6.07, 6.45) is 0.207. The van der Waals surface area contributed by atoms with Gasteiger partial charge in [-0.1, -0.05) is 6.92 Å². The van der Waals surface area contributed by atoms with E-state index in [1.54, 1.807) is 6.92 Å². The minimum atomic E-state index is -0.294. The first kappa shape index (κ1) is 10.8. The van der Waals surface area contributed by atoms with Gasteiger partial charge in [-0.25, -0.2) is 0 Å². The van der Waals surface area contributed by atoms with E-state index in [0.717, 1.165) is 4.90 Å². The molecule has 0 saturated carbocycles. The van der Waals surface area contributed by atoms with Crippen LogP contribution in [-0.2, 0) is 19.1 Å². The van der Waals surface area contributed by atoms with Crippen molar-refractivity contribution in [3.8, 4) is 0 Å². The Balaban J connectivity index is 2.56. The summed E-state index contributed by atoms with van der Waals surface area (Å²) in [4.78, 5) is 34.7. The second-order valence-electron chi connectivity index (χ2n) is 3.39. The smallest absolute Gasteiger partial charge is 0.232 e. The summed E-state index contributed by atoms with van der Waals surface area (Å²) in [6, 6.07) is 0. The van der Waals surface area contributed by atoms with Gasteiger partial charge in [-0.05, 0) is 0 Å². The molecule has 1 atom stereocenters. The topological polar surface area (TPSA) is 63.7 Å². The zero-order valence-electron chi connectivity index (χ0n) is 8.28. The Labute approximate surface area is 82.0 Å². The molecule has 0 aliphatic carbocycles. The molecule has 1 aliphatic rings. The number of ether oxygens (including phenoxy) is 1. The lowest BCUT2D eigenvalue weighted by molar-refractivity contribution is -0.143. The Morgan fingerprint density at radius 1 is 1.57 bits per heavy atom. The molecule has 0 aromatic rings. The highest BCUT2D eigenvalue weighted by Crippen LogP contribution is 2.18. The summed E-state index contributed by atoms with van der Waals surface area (Å²) in [5.41, 5.74) is 0. The molecule has 1 aliphatic heterocycles. The molecule has 1 rings (SSSR count). The van der Waals surface area contributed by atoms with Crippen molar-refractivity contribution in [2.45, 2.75) is 13.3 Å². The summed E-state index contributed by atoms with van der Waals surface area (Å²) in [5, 5.41) is 0. The van der Waals surface area contributed by atoms with Gasteiger partial charge >= 0.3 is 0 Å². The molecule has 0 aromatic carbocycles. The lowest BCUT2D eigenvalue weighted by Gasteiger charge is -2.12. The fraction of sp³-hybridized carbons (Fsp3) is 0.667. The number of likely N-dealkylation sites (tertiary alicyclic amines) is 1. The summed E-state index contributed by atoms with van der Waals surface area (Å²) in [7, 11) is 1.40. The van der Waals surface area contributed by atoms with Crippen LogP contribution in [0.1, 0.15) is 13.3 Å². The molecule has 0 radical (unpaired) electrons. The fourth-order valence-corrected chi connectivity index (χ4v) is 1.40. The highest BCUT2D eigenvalue weighted by atomic mass is 16.5. The zero-order chi connectivity index (χ0) is 10.7. The van der Waals surface area contributed by atoms with Crippen LogP contribution >= 0.6 is 0 Å². The van der Waals surface area contributed by atoms with Crippen molar-refractivity contribution in [2.75, 3.05) is 20.3 Å². The van der Waals surface area contributed by atoms with E-state index < -0.39 is 0 Å². The Kier molecular flexibility index (Phi) is 3.35. The van der Waals surface area contributed by atoms with Gasteiger partial charge in [0.1, 0.15) is 6.61 Å². The monoisotopic (exact) mass is 199 g/mol. The third kappa shape index (κ3) is 2.17. The second kappa shape index (κ2) is 4.32. The van der Waals surface area contributed by atoms with Crippen LogP contribution in [0.15, 0.2) is 0 Å². The van der Waals surface area contributed by atoms with Gasteiger partial charge in [0.2, 0.25) is 11.8 Å². The van der Waals surface area contributed by atoms with E-state index in [1.807, 2.05) is 0 Å². The molecule has 2 amide bonds. The maximum atomic E-state index is 11.4. The van der Waals surface area contributed by atoms with Crippen molar-refractivity contribution in [2.24, 2.45) is 5.92 Å². The molecule has 1 unspecified atom stereocenters. The summed E-state index contributed by atoms with van der Waals surface area (Å²) in [5.74, 6) is -1.09.